The number of rotatable bonds is 5. The molecule has 1 aromatic carbocycles. The van der Waals surface area contributed by atoms with Gasteiger partial charge in [-0.25, -0.2) is 14.4 Å². The molecule has 1 fully saturated rings. The molecule has 0 spiro atoms. The van der Waals surface area contributed by atoms with Gasteiger partial charge in [-0.05, 0) is 25.2 Å². The highest BCUT2D eigenvalue weighted by Crippen LogP contribution is 2.40. The van der Waals surface area contributed by atoms with Crippen molar-refractivity contribution in [3.63, 3.8) is 0 Å². The number of halogens is 1. The van der Waals surface area contributed by atoms with Gasteiger partial charge in [0, 0.05) is 35.6 Å². The zero-order chi connectivity index (χ0) is 15.4. The van der Waals surface area contributed by atoms with Crippen LogP contribution in [-0.4, -0.2) is 16.2 Å². The summed E-state index contributed by atoms with van der Waals surface area (Å²) in [6, 6.07) is 7.11. The first-order valence-corrected chi connectivity index (χ1v) is 8.81. The Morgan fingerprint density at radius 1 is 1.18 bits per heavy atom. The van der Waals surface area contributed by atoms with Crippen molar-refractivity contribution in [1.82, 2.24) is 15.3 Å². The van der Waals surface area contributed by atoms with Crippen LogP contribution in [0.2, 0.25) is 0 Å². The van der Waals surface area contributed by atoms with Crippen LogP contribution in [0.15, 0.2) is 41.8 Å². The van der Waals surface area contributed by atoms with Crippen LogP contribution in [0.5, 0.6) is 0 Å². The minimum absolute atomic E-state index is 0.120. The van der Waals surface area contributed by atoms with Crippen LogP contribution in [0, 0.1) is 5.82 Å². The second kappa shape index (κ2) is 6.75. The lowest BCUT2D eigenvalue weighted by Gasteiger charge is -2.31. The van der Waals surface area contributed by atoms with Crippen molar-refractivity contribution in [3.05, 3.63) is 53.6 Å². The Hall–Kier alpha value is -1.46. The molecule has 1 aromatic heterocycles. The molecule has 1 saturated carbocycles. The van der Waals surface area contributed by atoms with Crippen molar-refractivity contribution < 1.29 is 4.39 Å². The van der Waals surface area contributed by atoms with Crippen LogP contribution in [0.4, 0.5) is 4.39 Å². The lowest BCUT2D eigenvalue weighted by atomic mass is 9.87. The topological polar surface area (TPSA) is 37.8 Å². The smallest absolute Gasteiger partial charge is 0.187 e. The first kappa shape index (κ1) is 15.4. The summed E-state index contributed by atoms with van der Waals surface area (Å²) in [6.45, 7) is 0.656. The molecule has 0 aliphatic heterocycles. The number of hydrogen-bond donors (Lipinski definition) is 1. The van der Waals surface area contributed by atoms with Crippen molar-refractivity contribution in [3.8, 4) is 0 Å². The molecule has 2 aromatic rings. The van der Waals surface area contributed by atoms with E-state index in [0.29, 0.717) is 6.54 Å². The molecule has 3 nitrogen and oxygen atoms in total. The second-order valence-corrected chi connectivity index (χ2v) is 6.47. The van der Waals surface area contributed by atoms with E-state index >= 15 is 0 Å². The van der Waals surface area contributed by atoms with Crippen molar-refractivity contribution >= 4 is 11.8 Å². The van der Waals surface area contributed by atoms with Gasteiger partial charge in [-0.15, -0.1) is 0 Å². The summed E-state index contributed by atoms with van der Waals surface area (Å²) in [5.74, 6) is -0.120. The number of nitrogens with zero attached hydrogens (tertiary/aromatic N) is 2. The monoisotopic (exact) mass is 317 g/mol. The number of thioether (sulfide) groups is 1. The molecule has 0 amide bonds. The average molecular weight is 317 g/mol. The Morgan fingerprint density at radius 2 is 1.86 bits per heavy atom. The minimum atomic E-state index is -0.260. The van der Waals surface area contributed by atoms with Crippen molar-refractivity contribution in [2.45, 2.75) is 42.9 Å². The molecule has 116 valence electrons. The minimum Gasteiger partial charge on any atom is -0.303 e. The van der Waals surface area contributed by atoms with Crippen molar-refractivity contribution in [1.29, 1.82) is 0 Å². The normalized spacial score (nSPS) is 16.8. The van der Waals surface area contributed by atoms with Gasteiger partial charge in [0.05, 0.1) is 0 Å². The van der Waals surface area contributed by atoms with Crippen LogP contribution in [0.3, 0.4) is 0 Å². The van der Waals surface area contributed by atoms with Gasteiger partial charge in [0.15, 0.2) is 5.16 Å². The van der Waals surface area contributed by atoms with Crippen LogP contribution in [0.25, 0.3) is 0 Å². The lowest BCUT2D eigenvalue weighted by molar-refractivity contribution is 0.325. The van der Waals surface area contributed by atoms with E-state index in [-0.39, 0.29) is 11.4 Å². The largest absolute Gasteiger partial charge is 0.303 e. The van der Waals surface area contributed by atoms with E-state index in [1.54, 1.807) is 12.1 Å². The quantitative estimate of drug-likeness (QED) is 0.670. The van der Waals surface area contributed by atoms with E-state index in [2.05, 4.69) is 15.3 Å². The molecule has 22 heavy (non-hydrogen) atoms. The predicted octanol–water partition coefficient (Wildman–Crippen LogP) is 3.90. The molecule has 0 radical (unpaired) electrons. The first-order chi connectivity index (χ1) is 10.7. The fraction of sp³-hybridized carbons (Fsp3) is 0.412. The van der Waals surface area contributed by atoms with E-state index in [4.69, 9.17) is 0 Å². The number of nitrogens with one attached hydrogen (secondary N) is 1. The van der Waals surface area contributed by atoms with Crippen LogP contribution < -0.4 is 5.32 Å². The van der Waals surface area contributed by atoms with Gasteiger partial charge in [-0.2, -0.15) is 0 Å². The SMILES string of the molecule is CSc1ncc(CNC2(c3ccccc3F)CCCC2)cn1. The van der Waals surface area contributed by atoms with E-state index < -0.39 is 0 Å². The van der Waals surface area contributed by atoms with Crippen LogP contribution in [0.1, 0.15) is 36.8 Å². The first-order valence-electron chi connectivity index (χ1n) is 7.58. The highest BCUT2D eigenvalue weighted by molar-refractivity contribution is 7.98. The lowest BCUT2D eigenvalue weighted by Crippen LogP contribution is -2.40. The maximum absolute atomic E-state index is 14.2. The predicted molar refractivity (Wildman–Crippen MR) is 87.2 cm³/mol. The molecule has 3 rings (SSSR count). The Labute approximate surface area is 134 Å². The fourth-order valence-corrected chi connectivity index (χ4v) is 3.50. The van der Waals surface area contributed by atoms with Gasteiger partial charge >= 0.3 is 0 Å². The van der Waals surface area contributed by atoms with Gasteiger partial charge in [-0.3, -0.25) is 0 Å². The second-order valence-electron chi connectivity index (χ2n) is 5.70. The van der Waals surface area contributed by atoms with Gasteiger partial charge in [0.2, 0.25) is 0 Å². The van der Waals surface area contributed by atoms with E-state index in [1.807, 2.05) is 30.8 Å². The maximum Gasteiger partial charge on any atom is 0.187 e. The molecular formula is C17H20FN3S. The standard InChI is InChI=1S/C17H20FN3S/c1-22-16-19-10-13(11-20-16)12-21-17(8-4-5-9-17)14-6-2-3-7-15(14)18/h2-3,6-7,10-11,21H,4-5,8-9,12H2,1H3. The third-order valence-electron chi connectivity index (χ3n) is 4.34. The fourth-order valence-electron chi connectivity index (χ4n) is 3.18. The number of benzene rings is 1. The number of aromatic nitrogens is 2. The summed E-state index contributed by atoms with van der Waals surface area (Å²) in [6.07, 6.45) is 9.84. The average Bonchev–Trinajstić information content (AvgIpc) is 3.04. The molecule has 0 saturated heterocycles. The van der Waals surface area contributed by atoms with Crippen molar-refractivity contribution in [2.24, 2.45) is 0 Å². The summed E-state index contributed by atoms with van der Waals surface area (Å²) in [4.78, 5) is 8.59. The van der Waals surface area contributed by atoms with Crippen molar-refractivity contribution in [2.75, 3.05) is 6.26 Å². The molecule has 0 bridgehead atoms. The Morgan fingerprint density at radius 3 is 2.50 bits per heavy atom. The zero-order valence-electron chi connectivity index (χ0n) is 12.7. The van der Waals surface area contributed by atoms with E-state index in [0.717, 1.165) is 42.0 Å². The van der Waals surface area contributed by atoms with Gasteiger partial charge < -0.3 is 5.32 Å². The van der Waals surface area contributed by atoms with Crippen LogP contribution >= 0.6 is 11.8 Å². The summed E-state index contributed by atoms with van der Waals surface area (Å²) >= 11 is 1.53. The molecule has 1 aliphatic rings. The van der Waals surface area contributed by atoms with E-state index in [9.17, 15) is 4.39 Å². The third kappa shape index (κ3) is 3.15. The molecule has 0 atom stereocenters. The zero-order valence-corrected chi connectivity index (χ0v) is 13.5. The summed E-state index contributed by atoms with van der Waals surface area (Å²) in [7, 11) is 0. The molecular weight excluding hydrogens is 297 g/mol. The summed E-state index contributed by atoms with van der Waals surface area (Å²) in [5.41, 5.74) is 1.55. The Balaban J connectivity index is 1.78. The Bertz CT molecular complexity index is 624. The number of hydrogen-bond acceptors (Lipinski definition) is 4. The molecule has 1 heterocycles. The van der Waals surface area contributed by atoms with Crippen LogP contribution in [-0.2, 0) is 12.1 Å². The van der Waals surface area contributed by atoms with E-state index in [1.165, 1.54) is 11.8 Å². The Kier molecular flexibility index (Phi) is 4.74. The molecule has 0 unspecified atom stereocenters. The molecule has 5 heteroatoms. The maximum atomic E-state index is 14.2. The van der Waals surface area contributed by atoms with Gasteiger partial charge in [0.1, 0.15) is 5.82 Å². The highest BCUT2D eigenvalue weighted by Gasteiger charge is 2.36. The molecule has 1 aliphatic carbocycles. The third-order valence-corrected chi connectivity index (χ3v) is 4.92. The highest BCUT2D eigenvalue weighted by atomic mass is 32.2. The summed E-state index contributed by atoms with van der Waals surface area (Å²) in [5, 5.41) is 4.35. The van der Waals surface area contributed by atoms with Gasteiger partial charge in [-0.1, -0.05) is 42.8 Å². The molecule has 1 N–H and O–H groups in total. The van der Waals surface area contributed by atoms with Gasteiger partial charge in [0.25, 0.3) is 0 Å². The summed E-state index contributed by atoms with van der Waals surface area (Å²) < 4.78 is 14.2.